The molecule has 0 spiro atoms. The van der Waals surface area contributed by atoms with Gasteiger partial charge in [0.25, 0.3) is 0 Å². The van der Waals surface area contributed by atoms with E-state index in [0.29, 0.717) is 5.02 Å². The van der Waals surface area contributed by atoms with Crippen LogP contribution in [0.4, 0.5) is 0 Å². The SMILES string of the molecule is CCNC(c1ccc(Br)cc1)c1ccc(OC)cc1Cl. The number of nitrogens with one attached hydrogen (secondary N) is 1. The van der Waals surface area contributed by atoms with Crippen molar-refractivity contribution in [1.29, 1.82) is 0 Å². The molecule has 0 aromatic heterocycles. The van der Waals surface area contributed by atoms with E-state index < -0.39 is 0 Å². The summed E-state index contributed by atoms with van der Waals surface area (Å²) >= 11 is 9.85. The van der Waals surface area contributed by atoms with E-state index in [0.717, 1.165) is 22.3 Å². The Morgan fingerprint density at radius 1 is 1.20 bits per heavy atom. The summed E-state index contributed by atoms with van der Waals surface area (Å²) in [6.07, 6.45) is 0. The molecule has 4 heteroatoms. The molecule has 0 amide bonds. The fourth-order valence-corrected chi connectivity index (χ4v) is 2.68. The maximum atomic E-state index is 6.39. The molecule has 2 nitrogen and oxygen atoms in total. The van der Waals surface area contributed by atoms with E-state index in [1.54, 1.807) is 7.11 Å². The molecule has 0 radical (unpaired) electrons. The highest BCUT2D eigenvalue weighted by atomic mass is 79.9. The van der Waals surface area contributed by atoms with Crippen LogP contribution in [0.15, 0.2) is 46.9 Å². The maximum Gasteiger partial charge on any atom is 0.120 e. The van der Waals surface area contributed by atoms with Gasteiger partial charge in [-0.3, -0.25) is 0 Å². The molecule has 0 fully saturated rings. The molecule has 0 aliphatic carbocycles. The van der Waals surface area contributed by atoms with Crippen molar-refractivity contribution in [3.8, 4) is 5.75 Å². The number of rotatable bonds is 5. The lowest BCUT2D eigenvalue weighted by molar-refractivity contribution is 0.414. The van der Waals surface area contributed by atoms with Gasteiger partial charge in [-0.2, -0.15) is 0 Å². The molecular formula is C16H17BrClNO. The fraction of sp³-hybridized carbons (Fsp3) is 0.250. The third-order valence-corrected chi connectivity index (χ3v) is 3.99. The highest BCUT2D eigenvalue weighted by molar-refractivity contribution is 9.10. The average Bonchev–Trinajstić information content (AvgIpc) is 2.46. The molecule has 0 heterocycles. The number of hydrogen-bond acceptors (Lipinski definition) is 2. The van der Waals surface area contributed by atoms with Crippen LogP contribution in [0.5, 0.6) is 5.75 Å². The molecule has 0 aliphatic rings. The Labute approximate surface area is 133 Å². The van der Waals surface area contributed by atoms with E-state index in [2.05, 4.69) is 40.3 Å². The van der Waals surface area contributed by atoms with E-state index in [4.69, 9.17) is 16.3 Å². The lowest BCUT2D eigenvalue weighted by Gasteiger charge is -2.20. The second kappa shape index (κ2) is 7.11. The van der Waals surface area contributed by atoms with Crippen LogP contribution < -0.4 is 10.1 Å². The van der Waals surface area contributed by atoms with Gasteiger partial charge in [-0.25, -0.2) is 0 Å². The van der Waals surface area contributed by atoms with Crippen LogP contribution in [0.3, 0.4) is 0 Å². The Balaban J connectivity index is 2.40. The number of halogens is 2. The van der Waals surface area contributed by atoms with Crippen LogP contribution >= 0.6 is 27.5 Å². The van der Waals surface area contributed by atoms with E-state index in [1.807, 2.05) is 30.3 Å². The predicted octanol–water partition coefficient (Wildman–Crippen LogP) is 4.81. The summed E-state index contributed by atoms with van der Waals surface area (Å²) in [6.45, 7) is 2.95. The van der Waals surface area contributed by atoms with E-state index >= 15 is 0 Å². The van der Waals surface area contributed by atoms with Gasteiger partial charge in [0.1, 0.15) is 5.75 Å². The molecule has 0 aliphatic heterocycles. The Morgan fingerprint density at radius 3 is 2.45 bits per heavy atom. The highest BCUT2D eigenvalue weighted by Gasteiger charge is 2.16. The van der Waals surface area contributed by atoms with Crippen molar-refractivity contribution in [2.75, 3.05) is 13.7 Å². The molecule has 1 N–H and O–H groups in total. The van der Waals surface area contributed by atoms with E-state index in [-0.39, 0.29) is 6.04 Å². The van der Waals surface area contributed by atoms with Crippen LogP contribution in [0.25, 0.3) is 0 Å². The number of ether oxygens (including phenoxy) is 1. The predicted molar refractivity (Wildman–Crippen MR) is 87.7 cm³/mol. The Hall–Kier alpha value is -1.03. The molecule has 106 valence electrons. The number of methoxy groups -OCH3 is 1. The first kappa shape index (κ1) is 15.4. The standard InChI is InChI=1S/C16H17BrClNO/c1-3-19-16(11-4-6-12(17)7-5-11)14-9-8-13(20-2)10-15(14)18/h4-10,16,19H,3H2,1-2H3. The summed E-state index contributed by atoms with van der Waals surface area (Å²) in [5.74, 6) is 0.768. The first-order valence-corrected chi connectivity index (χ1v) is 7.65. The van der Waals surface area contributed by atoms with Crippen molar-refractivity contribution >= 4 is 27.5 Å². The first-order chi connectivity index (χ1) is 9.65. The van der Waals surface area contributed by atoms with Gasteiger partial charge in [-0.1, -0.05) is 52.7 Å². The number of hydrogen-bond donors (Lipinski definition) is 1. The van der Waals surface area contributed by atoms with E-state index in [1.165, 1.54) is 5.56 Å². The van der Waals surface area contributed by atoms with Gasteiger partial charge >= 0.3 is 0 Å². The van der Waals surface area contributed by atoms with Gasteiger partial charge in [0.15, 0.2) is 0 Å². The molecule has 1 unspecified atom stereocenters. The summed E-state index contributed by atoms with van der Waals surface area (Å²) in [5, 5.41) is 4.18. The fourth-order valence-electron chi connectivity index (χ4n) is 2.14. The molecule has 1 atom stereocenters. The molecular weight excluding hydrogens is 338 g/mol. The largest absolute Gasteiger partial charge is 0.497 e. The number of benzene rings is 2. The molecule has 0 bridgehead atoms. The smallest absolute Gasteiger partial charge is 0.120 e. The Kier molecular flexibility index (Phi) is 5.46. The second-order valence-electron chi connectivity index (χ2n) is 4.43. The zero-order chi connectivity index (χ0) is 14.5. The van der Waals surface area contributed by atoms with Crippen molar-refractivity contribution in [1.82, 2.24) is 5.32 Å². The minimum Gasteiger partial charge on any atom is -0.497 e. The maximum absolute atomic E-state index is 6.39. The zero-order valence-electron chi connectivity index (χ0n) is 11.5. The van der Waals surface area contributed by atoms with Crippen molar-refractivity contribution in [2.24, 2.45) is 0 Å². The third kappa shape index (κ3) is 3.54. The van der Waals surface area contributed by atoms with Gasteiger partial charge in [0.05, 0.1) is 13.2 Å². The van der Waals surface area contributed by atoms with Crippen LogP contribution in [0.2, 0.25) is 5.02 Å². The van der Waals surface area contributed by atoms with Crippen molar-refractivity contribution in [3.05, 3.63) is 63.1 Å². The third-order valence-electron chi connectivity index (χ3n) is 3.13. The van der Waals surface area contributed by atoms with Crippen LogP contribution in [-0.2, 0) is 0 Å². The quantitative estimate of drug-likeness (QED) is 0.832. The lowest BCUT2D eigenvalue weighted by Crippen LogP contribution is -2.22. The minimum atomic E-state index is 0.0755. The summed E-state index contributed by atoms with van der Waals surface area (Å²) in [4.78, 5) is 0. The van der Waals surface area contributed by atoms with Crippen LogP contribution in [0.1, 0.15) is 24.1 Å². The molecule has 0 saturated carbocycles. The second-order valence-corrected chi connectivity index (χ2v) is 5.75. The zero-order valence-corrected chi connectivity index (χ0v) is 13.8. The van der Waals surface area contributed by atoms with Gasteiger partial charge in [0, 0.05) is 9.50 Å². The van der Waals surface area contributed by atoms with Crippen molar-refractivity contribution < 1.29 is 4.74 Å². The van der Waals surface area contributed by atoms with Gasteiger partial charge in [-0.05, 0) is 41.9 Å². The van der Waals surface area contributed by atoms with Gasteiger partial charge in [0.2, 0.25) is 0 Å². The van der Waals surface area contributed by atoms with Crippen LogP contribution in [0, 0.1) is 0 Å². The lowest BCUT2D eigenvalue weighted by atomic mass is 9.98. The summed E-state index contributed by atoms with van der Waals surface area (Å²) < 4.78 is 6.27. The van der Waals surface area contributed by atoms with Crippen LogP contribution in [-0.4, -0.2) is 13.7 Å². The first-order valence-electron chi connectivity index (χ1n) is 6.48. The highest BCUT2D eigenvalue weighted by Crippen LogP contribution is 2.31. The van der Waals surface area contributed by atoms with Crippen molar-refractivity contribution in [3.63, 3.8) is 0 Å². The van der Waals surface area contributed by atoms with Gasteiger partial charge < -0.3 is 10.1 Å². The average molecular weight is 355 g/mol. The summed E-state index contributed by atoms with van der Waals surface area (Å²) in [5.41, 5.74) is 2.23. The Bertz CT molecular complexity index is 571. The summed E-state index contributed by atoms with van der Waals surface area (Å²) in [6, 6.07) is 14.1. The minimum absolute atomic E-state index is 0.0755. The topological polar surface area (TPSA) is 21.3 Å². The normalized spacial score (nSPS) is 12.2. The van der Waals surface area contributed by atoms with Crippen molar-refractivity contribution in [2.45, 2.75) is 13.0 Å². The van der Waals surface area contributed by atoms with E-state index in [9.17, 15) is 0 Å². The monoisotopic (exact) mass is 353 g/mol. The molecule has 2 rings (SSSR count). The molecule has 2 aromatic carbocycles. The van der Waals surface area contributed by atoms with Gasteiger partial charge in [-0.15, -0.1) is 0 Å². The molecule has 0 saturated heterocycles. The summed E-state index contributed by atoms with van der Waals surface area (Å²) in [7, 11) is 1.64. The molecule has 20 heavy (non-hydrogen) atoms. The molecule has 2 aromatic rings. The Morgan fingerprint density at radius 2 is 1.90 bits per heavy atom.